The van der Waals surface area contributed by atoms with Gasteiger partial charge in [-0.25, -0.2) is 0 Å². The van der Waals surface area contributed by atoms with E-state index in [0.29, 0.717) is 16.5 Å². The summed E-state index contributed by atoms with van der Waals surface area (Å²) in [6.45, 7) is 0. The molecule has 0 aliphatic carbocycles. The van der Waals surface area contributed by atoms with E-state index in [4.69, 9.17) is 23.8 Å². The number of halogens is 1. The molecule has 0 saturated carbocycles. The largest absolute Gasteiger partial charge is 0.494 e. The fourth-order valence-corrected chi connectivity index (χ4v) is 4.01. The third-order valence-electron chi connectivity index (χ3n) is 5.47. The molecule has 1 heterocycles. The Morgan fingerprint density at radius 1 is 0.943 bits per heavy atom. The van der Waals surface area contributed by atoms with E-state index in [9.17, 15) is 9.90 Å². The molecular weight excluding hydrogens is 480 g/mol. The Bertz CT molecular complexity index is 1460. The number of para-hydroxylation sites is 2. The Balaban J connectivity index is 1.89. The maximum absolute atomic E-state index is 12.8. The third-order valence-corrected chi connectivity index (χ3v) is 6.01. The first-order valence-corrected chi connectivity index (χ1v) is 11.5. The van der Waals surface area contributed by atoms with Crippen molar-refractivity contribution in [3.05, 3.63) is 122 Å². The highest BCUT2D eigenvalue weighted by Gasteiger charge is 2.15. The zero-order valence-corrected chi connectivity index (χ0v) is 20.7. The smallest absolute Gasteiger partial charge is 0.263 e. The number of hydrogen-bond acceptors (Lipinski definition) is 5. The van der Waals surface area contributed by atoms with Gasteiger partial charge in [0, 0.05) is 36.6 Å². The number of anilines is 2. The normalized spacial score (nSPS) is 10.4. The minimum Gasteiger partial charge on any atom is -0.494 e. The van der Waals surface area contributed by atoms with E-state index < -0.39 is 5.56 Å². The lowest BCUT2D eigenvalue weighted by molar-refractivity contribution is 0.432. The summed E-state index contributed by atoms with van der Waals surface area (Å²) in [4.78, 5) is 19.3. The van der Waals surface area contributed by atoms with Crippen molar-refractivity contribution in [2.24, 2.45) is 0 Å². The number of rotatable bonds is 6. The molecule has 0 atom stereocenters. The van der Waals surface area contributed by atoms with E-state index in [1.807, 2.05) is 84.6 Å². The van der Waals surface area contributed by atoms with Gasteiger partial charge >= 0.3 is 0 Å². The molecule has 8 heteroatoms. The van der Waals surface area contributed by atoms with Gasteiger partial charge < -0.3 is 14.9 Å². The van der Waals surface area contributed by atoms with Crippen LogP contribution in [0.4, 0.5) is 11.4 Å². The molecule has 4 aromatic rings. The third kappa shape index (κ3) is 5.23. The zero-order valence-electron chi connectivity index (χ0n) is 19.1. The number of nitrogens with zero attached hydrogens (tertiary/aromatic N) is 3. The maximum atomic E-state index is 12.8. The Kier molecular flexibility index (Phi) is 7.22. The van der Waals surface area contributed by atoms with Crippen molar-refractivity contribution >= 4 is 41.3 Å². The molecule has 35 heavy (non-hydrogen) atoms. The summed E-state index contributed by atoms with van der Waals surface area (Å²) >= 11 is 11.3. The zero-order chi connectivity index (χ0) is 24.9. The van der Waals surface area contributed by atoms with Gasteiger partial charge in [-0.2, -0.15) is 0 Å². The molecule has 0 amide bonds. The number of aromatic hydroxyl groups is 1. The summed E-state index contributed by atoms with van der Waals surface area (Å²) in [5, 5.41) is 11.6. The molecule has 0 fully saturated rings. The summed E-state index contributed by atoms with van der Waals surface area (Å²) in [7, 11) is 3.82. The molecule has 2 N–H and O–H groups in total. The van der Waals surface area contributed by atoms with Crippen LogP contribution in [0.5, 0.6) is 5.88 Å². The average Bonchev–Trinajstić information content (AvgIpc) is 2.87. The fraction of sp³-hybridized carbons (Fsp3) is 0.0741. The van der Waals surface area contributed by atoms with Crippen LogP contribution in [0.3, 0.4) is 0 Å². The highest BCUT2D eigenvalue weighted by molar-refractivity contribution is 7.71. The van der Waals surface area contributed by atoms with Crippen molar-refractivity contribution in [3.63, 3.8) is 0 Å². The Morgan fingerprint density at radius 3 is 1.97 bits per heavy atom. The molecule has 4 rings (SSSR count). The van der Waals surface area contributed by atoms with E-state index in [2.05, 4.69) is 10.7 Å². The van der Waals surface area contributed by atoms with E-state index in [1.54, 1.807) is 24.3 Å². The van der Waals surface area contributed by atoms with Crippen LogP contribution < -0.4 is 15.4 Å². The van der Waals surface area contributed by atoms with Gasteiger partial charge in [0.25, 0.3) is 5.56 Å². The lowest BCUT2D eigenvalue weighted by Crippen LogP contribution is -2.29. The topological polar surface area (TPSA) is 64.5 Å². The van der Waals surface area contributed by atoms with Crippen molar-refractivity contribution in [2.75, 3.05) is 23.9 Å². The van der Waals surface area contributed by atoms with Crippen LogP contribution in [0.2, 0.25) is 5.02 Å². The van der Waals surface area contributed by atoms with E-state index in [1.165, 1.54) is 10.6 Å². The number of nitrogens with one attached hydrogen (secondary N) is 1. The Hall–Kier alpha value is -4.03. The van der Waals surface area contributed by atoms with Crippen LogP contribution in [0.1, 0.15) is 5.56 Å². The van der Waals surface area contributed by atoms with Crippen LogP contribution in [-0.4, -0.2) is 28.8 Å². The van der Waals surface area contributed by atoms with Crippen molar-refractivity contribution in [3.8, 4) is 11.6 Å². The van der Waals surface area contributed by atoms with Crippen molar-refractivity contribution < 1.29 is 5.11 Å². The van der Waals surface area contributed by atoms with Crippen LogP contribution in [0, 0.1) is 4.77 Å². The first kappa shape index (κ1) is 24.1. The van der Waals surface area contributed by atoms with Gasteiger partial charge in [0.05, 0.1) is 5.69 Å². The van der Waals surface area contributed by atoms with Crippen LogP contribution in [-0.2, 0) is 0 Å². The second kappa shape index (κ2) is 10.5. The average molecular weight is 503 g/mol. The van der Waals surface area contributed by atoms with Crippen molar-refractivity contribution in [1.29, 1.82) is 0 Å². The maximum Gasteiger partial charge on any atom is 0.263 e. The van der Waals surface area contributed by atoms with Crippen LogP contribution in [0.25, 0.3) is 11.8 Å². The minimum absolute atomic E-state index is 0.0222. The SMILES string of the molecule is CN(C(=C=Cc1c(O)n(-c2ccc(Cl)cc2)c(=S)[nH]c1=O)N(C)c1ccccc1)c1ccccc1. The van der Waals surface area contributed by atoms with Gasteiger partial charge in [0.15, 0.2) is 10.6 Å². The molecule has 0 saturated heterocycles. The van der Waals surface area contributed by atoms with Crippen LogP contribution >= 0.6 is 23.8 Å². The number of H-pyrrole nitrogens is 1. The predicted molar refractivity (Wildman–Crippen MR) is 145 cm³/mol. The molecule has 0 spiro atoms. The molecule has 3 aromatic carbocycles. The lowest BCUT2D eigenvalue weighted by atomic mass is 10.2. The van der Waals surface area contributed by atoms with E-state index in [-0.39, 0.29) is 16.2 Å². The van der Waals surface area contributed by atoms with E-state index >= 15 is 0 Å². The highest BCUT2D eigenvalue weighted by atomic mass is 35.5. The van der Waals surface area contributed by atoms with Crippen molar-refractivity contribution in [1.82, 2.24) is 9.55 Å². The van der Waals surface area contributed by atoms with Crippen molar-refractivity contribution in [2.45, 2.75) is 0 Å². The van der Waals surface area contributed by atoms with Gasteiger partial charge in [-0.3, -0.25) is 14.3 Å². The summed E-state index contributed by atoms with van der Waals surface area (Å²) in [5.41, 5.74) is 5.15. The Morgan fingerprint density at radius 2 is 1.46 bits per heavy atom. The first-order chi connectivity index (χ1) is 16.9. The lowest BCUT2D eigenvalue weighted by Gasteiger charge is -2.29. The molecule has 0 aliphatic rings. The number of aromatic nitrogens is 2. The number of aromatic amines is 1. The molecule has 0 aliphatic heterocycles. The number of hydrogen-bond donors (Lipinski definition) is 2. The molecular formula is C27H23ClN4O2S. The number of benzene rings is 3. The molecule has 0 bridgehead atoms. The predicted octanol–water partition coefficient (Wildman–Crippen LogP) is 5.98. The summed E-state index contributed by atoms with van der Waals surface area (Å²) < 4.78 is 1.45. The summed E-state index contributed by atoms with van der Waals surface area (Å²) in [6.07, 6.45) is 1.46. The van der Waals surface area contributed by atoms with Gasteiger partial charge in [-0.05, 0) is 60.7 Å². The van der Waals surface area contributed by atoms with E-state index in [0.717, 1.165) is 11.4 Å². The monoisotopic (exact) mass is 502 g/mol. The molecule has 0 radical (unpaired) electrons. The molecule has 6 nitrogen and oxygen atoms in total. The van der Waals surface area contributed by atoms with Gasteiger partial charge in [-0.1, -0.05) is 53.7 Å². The minimum atomic E-state index is -0.519. The van der Waals surface area contributed by atoms with Gasteiger partial charge in [0.2, 0.25) is 5.88 Å². The summed E-state index contributed by atoms with van der Waals surface area (Å²) in [5.74, 6) is 0.361. The molecule has 176 valence electrons. The van der Waals surface area contributed by atoms with Gasteiger partial charge in [0.1, 0.15) is 5.56 Å². The van der Waals surface area contributed by atoms with Crippen LogP contribution in [0.15, 0.2) is 101 Å². The molecule has 0 unspecified atom stereocenters. The Labute approximate surface area is 213 Å². The fourth-order valence-electron chi connectivity index (χ4n) is 3.60. The molecule has 1 aromatic heterocycles. The van der Waals surface area contributed by atoms with Gasteiger partial charge in [-0.15, -0.1) is 0 Å². The highest BCUT2D eigenvalue weighted by Crippen LogP contribution is 2.25. The summed E-state index contributed by atoms with van der Waals surface area (Å²) in [6, 6.07) is 26.4. The second-order valence-corrected chi connectivity index (χ2v) is 8.53. The quantitative estimate of drug-likeness (QED) is 0.251. The first-order valence-electron chi connectivity index (χ1n) is 10.8. The second-order valence-electron chi connectivity index (χ2n) is 7.71. The standard InChI is InChI=1S/C27H23ClN4O2S/c1-30(20-9-5-3-6-10-20)24(31(2)21-11-7-4-8-12-21)18-17-23-25(33)29-27(35)32(26(23)34)22-15-13-19(28)14-16-22/h3-17,34H,1-2H3,(H,29,33,35).